The molecule has 0 radical (unpaired) electrons. The monoisotopic (exact) mass is 330 g/mol. The highest BCUT2D eigenvalue weighted by Crippen LogP contribution is 2.36. The van der Waals surface area contributed by atoms with Crippen molar-refractivity contribution in [2.24, 2.45) is 0 Å². The molecule has 0 saturated carbocycles. The van der Waals surface area contributed by atoms with Crippen LogP contribution in [-0.2, 0) is 10.1 Å². The van der Waals surface area contributed by atoms with Gasteiger partial charge < -0.3 is 16.2 Å². The molecule has 0 spiro atoms. The summed E-state index contributed by atoms with van der Waals surface area (Å²) in [7, 11) is -4.38. The Morgan fingerprint density at radius 1 is 0.957 bits per heavy atom. The van der Waals surface area contributed by atoms with E-state index in [2.05, 4.69) is 5.32 Å². The van der Waals surface area contributed by atoms with Gasteiger partial charge >= 0.3 is 0 Å². The molecule has 5 N–H and O–H groups in total. The second-order valence-electron chi connectivity index (χ2n) is 5.04. The summed E-state index contributed by atoms with van der Waals surface area (Å²) in [5.41, 5.74) is 6.94. The van der Waals surface area contributed by atoms with Crippen molar-refractivity contribution in [3.63, 3.8) is 0 Å². The number of nitrogens with one attached hydrogen (secondary N) is 1. The van der Waals surface area contributed by atoms with Gasteiger partial charge in [0.15, 0.2) is 0 Å². The van der Waals surface area contributed by atoms with Gasteiger partial charge in [0.2, 0.25) is 0 Å². The van der Waals surface area contributed by atoms with Crippen molar-refractivity contribution in [1.82, 2.24) is 0 Å². The van der Waals surface area contributed by atoms with Crippen LogP contribution in [-0.4, -0.2) is 18.1 Å². The Kier molecular flexibility index (Phi) is 3.59. The molecule has 3 rings (SSSR count). The lowest BCUT2D eigenvalue weighted by Gasteiger charge is -2.14. The minimum atomic E-state index is -4.38. The molecule has 0 aromatic heterocycles. The molecule has 3 aromatic rings. The molecule has 3 aromatic carbocycles. The highest BCUT2D eigenvalue weighted by Gasteiger charge is 2.16. The van der Waals surface area contributed by atoms with Crippen molar-refractivity contribution in [1.29, 1.82) is 0 Å². The topological polar surface area (TPSA) is 113 Å². The Morgan fingerprint density at radius 2 is 1.70 bits per heavy atom. The lowest BCUT2D eigenvalue weighted by Crippen LogP contribution is -2.03. The van der Waals surface area contributed by atoms with Crippen LogP contribution in [0.2, 0.25) is 0 Å². The highest BCUT2D eigenvalue weighted by atomic mass is 32.2. The van der Waals surface area contributed by atoms with E-state index in [9.17, 15) is 18.1 Å². The van der Waals surface area contributed by atoms with E-state index in [0.717, 1.165) is 0 Å². The summed E-state index contributed by atoms with van der Waals surface area (Å²) in [5, 5.41) is 14.2. The molecule has 0 aliphatic heterocycles. The fourth-order valence-corrected chi connectivity index (χ4v) is 3.12. The Morgan fingerprint density at radius 3 is 2.43 bits per heavy atom. The van der Waals surface area contributed by atoms with Crippen molar-refractivity contribution >= 4 is 38.0 Å². The minimum Gasteiger partial charge on any atom is -0.507 e. The number of nitrogens with two attached hydrogens (primary N) is 1. The molecule has 0 fully saturated rings. The van der Waals surface area contributed by atoms with Gasteiger partial charge in [0, 0.05) is 11.1 Å². The first-order valence-electron chi connectivity index (χ1n) is 6.71. The Hall–Kier alpha value is -2.77. The summed E-state index contributed by atoms with van der Waals surface area (Å²) in [4.78, 5) is -0.258. The normalized spacial score (nSPS) is 11.5. The molecule has 0 unspecified atom stereocenters. The number of benzene rings is 3. The van der Waals surface area contributed by atoms with Crippen molar-refractivity contribution in [2.75, 3.05) is 11.1 Å². The summed E-state index contributed by atoms with van der Waals surface area (Å²) in [5.74, 6) is 0.0364. The molecule has 0 bridgehead atoms. The van der Waals surface area contributed by atoms with E-state index in [4.69, 9.17) is 5.73 Å². The first-order valence-corrected chi connectivity index (χ1v) is 8.15. The average molecular weight is 330 g/mol. The SMILES string of the molecule is Nc1cc(Nc2ccccc2S(=O)(=O)O)c2c(O)cccc2c1. The van der Waals surface area contributed by atoms with E-state index in [1.807, 2.05) is 0 Å². The number of fused-ring (bicyclic) bond motifs is 1. The van der Waals surface area contributed by atoms with Gasteiger partial charge in [-0.15, -0.1) is 0 Å². The van der Waals surface area contributed by atoms with Crippen molar-refractivity contribution in [3.05, 3.63) is 54.6 Å². The van der Waals surface area contributed by atoms with Crippen molar-refractivity contribution < 1.29 is 18.1 Å². The lowest BCUT2D eigenvalue weighted by molar-refractivity contribution is 0.481. The molecule has 118 valence electrons. The number of phenols is 1. The van der Waals surface area contributed by atoms with Gasteiger partial charge in [0.05, 0.1) is 11.4 Å². The van der Waals surface area contributed by atoms with Gasteiger partial charge in [-0.3, -0.25) is 4.55 Å². The zero-order valence-electron chi connectivity index (χ0n) is 11.9. The van der Waals surface area contributed by atoms with Gasteiger partial charge in [0.1, 0.15) is 10.6 Å². The van der Waals surface area contributed by atoms with Crippen LogP contribution >= 0.6 is 0 Å². The van der Waals surface area contributed by atoms with Crippen LogP contribution in [0.5, 0.6) is 5.75 Å². The summed E-state index contributed by atoms with van der Waals surface area (Å²) in [6.45, 7) is 0. The predicted octanol–water partition coefficient (Wildman–Crippen LogP) is 3.12. The van der Waals surface area contributed by atoms with Gasteiger partial charge in [0.25, 0.3) is 10.1 Å². The van der Waals surface area contributed by atoms with E-state index in [-0.39, 0.29) is 16.3 Å². The Labute approximate surface area is 132 Å². The zero-order chi connectivity index (χ0) is 16.6. The number of phenolic OH excluding ortho intramolecular Hbond substituents is 1. The van der Waals surface area contributed by atoms with Crippen LogP contribution < -0.4 is 11.1 Å². The molecule has 0 aliphatic rings. The van der Waals surface area contributed by atoms with Crippen LogP contribution in [0, 0.1) is 0 Å². The summed E-state index contributed by atoms with van der Waals surface area (Å²) >= 11 is 0. The smallest absolute Gasteiger partial charge is 0.296 e. The van der Waals surface area contributed by atoms with Crippen LogP contribution in [0.25, 0.3) is 10.8 Å². The third-order valence-electron chi connectivity index (χ3n) is 3.41. The average Bonchev–Trinajstić information content (AvgIpc) is 2.46. The fourth-order valence-electron chi connectivity index (χ4n) is 2.47. The molecule has 0 amide bonds. The number of nitrogen functional groups attached to an aromatic ring is 1. The number of aromatic hydroxyl groups is 1. The Bertz CT molecular complexity index is 1000. The van der Waals surface area contributed by atoms with Crippen LogP contribution in [0.4, 0.5) is 17.1 Å². The summed E-state index contributed by atoms with van der Waals surface area (Å²) in [6, 6.07) is 14.2. The zero-order valence-corrected chi connectivity index (χ0v) is 12.7. The van der Waals surface area contributed by atoms with Gasteiger partial charge in [-0.25, -0.2) is 0 Å². The molecule has 0 saturated heterocycles. The maximum atomic E-state index is 11.5. The van der Waals surface area contributed by atoms with Gasteiger partial charge in [-0.2, -0.15) is 8.42 Å². The largest absolute Gasteiger partial charge is 0.507 e. The number of hydrogen-bond donors (Lipinski definition) is 4. The maximum Gasteiger partial charge on any atom is 0.296 e. The summed E-state index contributed by atoms with van der Waals surface area (Å²) in [6.07, 6.45) is 0. The van der Waals surface area contributed by atoms with E-state index < -0.39 is 10.1 Å². The molecule has 0 atom stereocenters. The molecule has 0 heterocycles. The molecule has 0 aliphatic carbocycles. The summed E-state index contributed by atoms with van der Waals surface area (Å²) < 4.78 is 32.3. The van der Waals surface area contributed by atoms with Gasteiger partial charge in [-0.05, 0) is 35.7 Å². The van der Waals surface area contributed by atoms with Crippen LogP contribution in [0.15, 0.2) is 59.5 Å². The number of rotatable bonds is 3. The lowest BCUT2D eigenvalue weighted by atomic mass is 10.1. The standard InChI is InChI=1S/C16H14N2O4S/c17-11-8-10-4-3-6-14(19)16(10)13(9-11)18-12-5-1-2-7-15(12)23(20,21)22/h1-9,18-19H,17H2,(H,20,21,22). The quantitative estimate of drug-likeness (QED) is 0.433. The highest BCUT2D eigenvalue weighted by molar-refractivity contribution is 7.86. The molecular formula is C16H14N2O4S. The molecule has 23 heavy (non-hydrogen) atoms. The molecular weight excluding hydrogens is 316 g/mol. The van der Waals surface area contributed by atoms with E-state index in [1.54, 1.807) is 30.3 Å². The predicted molar refractivity (Wildman–Crippen MR) is 89.6 cm³/mol. The third-order valence-corrected chi connectivity index (χ3v) is 4.32. The second kappa shape index (κ2) is 5.45. The third kappa shape index (κ3) is 2.92. The number of anilines is 3. The van der Waals surface area contributed by atoms with Crippen LogP contribution in [0.3, 0.4) is 0 Å². The minimum absolute atomic E-state index is 0.0364. The van der Waals surface area contributed by atoms with E-state index >= 15 is 0 Å². The fraction of sp³-hybridized carbons (Fsp3) is 0. The number of para-hydroxylation sites is 1. The van der Waals surface area contributed by atoms with Crippen LogP contribution in [0.1, 0.15) is 0 Å². The first kappa shape index (κ1) is 15.1. The first-order chi connectivity index (χ1) is 10.9. The van der Waals surface area contributed by atoms with Crippen molar-refractivity contribution in [2.45, 2.75) is 4.90 Å². The van der Waals surface area contributed by atoms with Crippen molar-refractivity contribution in [3.8, 4) is 5.75 Å². The van der Waals surface area contributed by atoms with E-state index in [1.165, 1.54) is 24.3 Å². The van der Waals surface area contributed by atoms with Gasteiger partial charge in [-0.1, -0.05) is 24.3 Å². The molecule has 7 heteroatoms. The van der Waals surface area contributed by atoms with E-state index in [0.29, 0.717) is 22.1 Å². The maximum absolute atomic E-state index is 11.5. The second-order valence-corrected chi connectivity index (χ2v) is 6.43. The Balaban J connectivity index is 2.21. The molecule has 6 nitrogen and oxygen atoms in total. The number of hydrogen-bond acceptors (Lipinski definition) is 5.